The van der Waals surface area contributed by atoms with Gasteiger partial charge >= 0.3 is 5.97 Å². The van der Waals surface area contributed by atoms with Crippen molar-refractivity contribution >= 4 is 36.3 Å². The minimum Gasteiger partial charge on any atom is -0.455 e. The van der Waals surface area contributed by atoms with Gasteiger partial charge in [-0.15, -0.1) is 0 Å². The summed E-state index contributed by atoms with van der Waals surface area (Å²) in [5.74, 6) is -0.683. The first-order chi connectivity index (χ1) is 22.6. The Morgan fingerprint density at radius 3 is 2.00 bits per heavy atom. The average Bonchev–Trinajstić information content (AvgIpc) is 3.08. The number of aliphatic hydroxyl groups is 1. The van der Waals surface area contributed by atoms with E-state index in [9.17, 15) is 15.4 Å². The average molecular weight is 672 g/mol. The maximum absolute atomic E-state index is 13.3. The van der Waals surface area contributed by atoms with Crippen LogP contribution < -0.4 is 10.4 Å². The van der Waals surface area contributed by atoms with Gasteiger partial charge in [-0.2, -0.15) is 0 Å². The lowest BCUT2D eigenvalue weighted by Gasteiger charge is -2.46. The first kappa shape index (κ1) is 34.3. The molecular weight excluding hydrogens is 634 g/mol. The number of benzene rings is 4. The molecule has 11 heteroatoms. The number of rotatable bonds is 11. The van der Waals surface area contributed by atoms with Gasteiger partial charge in [-0.3, -0.25) is 0 Å². The Hall–Kier alpha value is -3.99. The standard InChI is InChI=1S/C36H38ClN3O6Si/c1-36(2,3)47(28-15-9-5-10-16-28,29-17-11-6-12-18-29)44-24-30-32(41)33(46-34(42)26-13-7-4-8-14-26)31(39-40-38)35(45-30)43-23-25-19-21-27(37)22-20-25/h4-22,30-33,35,41H,23-24H2,1-3H3/t30-,31-,32-,33+,35?/m1/s1. The van der Waals surface area contributed by atoms with Gasteiger partial charge in [0.15, 0.2) is 6.29 Å². The Morgan fingerprint density at radius 1 is 0.915 bits per heavy atom. The minimum atomic E-state index is -3.03. The molecule has 0 saturated carbocycles. The molecule has 244 valence electrons. The van der Waals surface area contributed by atoms with Gasteiger partial charge in [0, 0.05) is 9.93 Å². The van der Waals surface area contributed by atoms with E-state index >= 15 is 0 Å². The number of aliphatic hydroxyl groups excluding tert-OH is 1. The summed E-state index contributed by atoms with van der Waals surface area (Å²) in [4.78, 5) is 16.2. The number of nitrogens with zero attached hydrogens (tertiary/aromatic N) is 3. The smallest absolute Gasteiger partial charge is 0.338 e. The Morgan fingerprint density at radius 2 is 1.47 bits per heavy atom. The summed E-state index contributed by atoms with van der Waals surface area (Å²) in [6, 6.07) is 34.5. The summed E-state index contributed by atoms with van der Waals surface area (Å²) in [6.07, 6.45) is -4.89. The van der Waals surface area contributed by atoms with Crippen LogP contribution in [0.1, 0.15) is 36.7 Å². The zero-order chi connectivity index (χ0) is 33.4. The third-order valence-electron chi connectivity index (χ3n) is 8.29. The van der Waals surface area contributed by atoms with Crippen molar-refractivity contribution in [3.63, 3.8) is 0 Å². The highest BCUT2D eigenvalue weighted by atomic mass is 35.5. The largest absolute Gasteiger partial charge is 0.455 e. The van der Waals surface area contributed by atoms with Gasteiger partial charge in [0.2, 0.25) is 0 Å². The highest BCUT2D eigenvalue weighted by molar-refractivity contribution is 6.99. The van der Waals surface area contributed by atoms with Crippen LogP contribution in [0.4, 0.5) is 0 Å². The highest BCUT2D eigenvalue weighted by Gasteiger charge is 2.53. The van der Waals surface area contributed by atoms with Crippen LogP contribution in [0.25, 0.3) is 10.4 Å². The third-order valence-corrected chi connectivity index (χ3v) is 13.5. The summed E-state index contributed by atoms with van der Waals surface area (Å²) in [5, 5.41) is 18.0. The van der Waals surface area contributed by atoms with Crippen LogP contribution in [0.2, 0.25) is 10.1 Å². The molecule has 1 saturated heterocycles. The van der Waals surface area contributed by atoms with Crippen molar-refractivity contribution in [2.45, 2.75) is 63.1 Å². The fraction of sp³-hybridized carbons (Fsp3) is 0.306. The Labute approximate surface area is 280 Å². The molecule has 0 aliphatic carbocycles. The maximum Gasteiger partial charge on any atom is 0.338 e. The Kier molecular flexibility index (Phi) is 11.2. The molecule has 0 bridgehead atoms. The van der Waals surface area contributed by atoms with Gasteiger partial charge in [-0.1, -0.05) is 128 Å². The number of azide groups is 1. The van der Waals surface area contributed by atoms with Crippen LogP contribution in [0.3, 0.4) is 0 Å². The fourth-order valence-corrected chi connectivity index (χ4v) is 10.7. The molecule has 1 fully saturated rings. The van der Waals surface area contributed by atoms with E-state index in [0.717, 1.165) is 15.9 Å². The van der Waals surface area contributed by atoms with Crippen molar-refractivity contribution in [2.24, 2.45) is 5.11 Å². The number of carbonyl (C=O) groups is 1. The summed E-state index contributed by atoms with van der Waals surface area (Å²) < 4.78 is 25.5. The fourth-order valence-electron chi connectivity index (χ4n) is 5.99. The van der Waals surface area contributed by atoms with Crippen molar-refractivity contribution in [3.05, 3.63) is 142 Å². The number of carbonyl (C=O) groups excluding carboxylic acids is 1. The van der Waals surface area contributed by atoms with Crippen LogP contribution in [-0.2, 0) is 25.2 Å². The highest BCUT2D eigenvalue weighted by Crippen LogP contribution is 2.38. The van der Waals surface area contributed by atoms with Crippen molar-refractivity contribution in [1.29, 1.82) is 0 Å². The molecule has 1 unspecified atom stereocenters. The molecule has 5 rings (SSSR count). The van der Waals surface area contributed by atoms with Gasteiger partial charge in [-0.05, 0) is 50.8 Å². The van der Waals surface area contributed by atoms with E-state index in [1.54, 1.807) is 54.6 Å². The number of hydrogen-bond donors (Lipinski definition) is 1. The topological polar surface area (TPSA) is 123 Å². The van der Waals surface area contributed by atoms with E-state index in [2.05, 4.69) is 55.1 Å². The molecule has 9 nitrogen and oxygen atoms in total. The second-order valence-corrected chi connectivity index (χ2v) is 17.1. The predicted octanol–water partition coefficient (Wildman–Crippen LogP) is 6.42. The molecule has 0 aromatic heterocycles. The zero-order valence-electron chi connectivity index (χ0n) is 26.5. The zero-order valence-corrected chi connectivity index (χ0v) is 28.2. The van der Waals surface area contributed by atoms with Crippen molar-refractivity contribution in [1.82, 2.24) is 0 Å². The minimum absolute atomic E-state index is 0.0579. The molecule has 0 spiro atoms. The third kappa shape index (κ3) is 7.77. The van der Waals surface area contributed by atoms with Gasteiger partial charge < -0.3 is 23.7 Å². The van der Waals surface area contributed by atoms with Crippen molar-refractivity contribution < 1.29 is 28.5 Å². The molecule has 47 heavy (non-hydrogen) atoms. The number of esters is 1. The molecule has 5 atom stereocenters. The van der Waals surface area contributed by atoms with Gasteiger partial charge in [0.25, 0.3) is 8.32 Å². The first-order valence-electron chi connectivity index (χ1n) is 15.4. The molecule has 4 aromatic carbocycles. The van der Waals surface area contributed by atoms with Crippen molar-refractivity contribution in [3.8, 4) is 0 Å². The van der Waals surface area contributed by atoms with E-state index in [1.165, 1.54) is 0 Å². The number of ether oxygens (including phenoxy) is 3. The van der Waals surface area contributed by atoms with E-state index in [4.69, 9.17) is 30.2 Å². The van der Waals surface area contributed by atoms with E-state index in [0.29, 0.717) is 5.02 Å². The van der Waals surface area contributed by atoms with Crippen LogP contribution in [-0.4, -0.2) is 56.6 Å². The van der Waals surface area contributed by atoms with Crippen LogP contribution in [0.5, 0.6) is 0 Å². The van der Waals surface area contributed by atoms with Crippen LogP contribution in [0.15, 0.2) is 120 Å². The van der Waals surface area contributed by atoms with Crippen LogP contribution >= 0.6 is 11.6 Å². The predicted molar refractivity (Wildman–Crippen MR) is 183 cm³/mol. The normalized spacial score (nSPS) is 21.4. The first-order valence-corrected chi connectivity index (χ1v) is 17.7. The molecule has 0 amide bonds. The summed E-state index contributed by atoms with van der Waals surface area (Å²) in [6.45, 7) is 6.47. The Balaban J connectivity index is 1.50. The summed E-state index contributed by atoms with van der Waals surface area (Å²) in [7, 11) is -3.03. The molecule has 1 aliphatic heterocycles. The number of hydrogen-bond acceptors (Lipinski definition) is 7. The molecular formula is C36H38ClN3O6Si. The molecule has 0 radical (unpaired) electrons. The number of halogens is 1. The molecule has 1 aliphatic rings. The SMILES string of the molecule is CC(C)(C)[Si](OC[C@H]1OC(OCc2ccc(Cl)cc2)[C@H](N=[N+]=[N-])[C@H](OC(=O)c2ccccc2)[C@@H]1O)(c1ccccc1)c1ccccc1. The van der Waals surface area contributed by atoms with Crippen molar-refractivity contribution in [2.75, 3.05) is 6.61 Å². The van der Waals surface area contributed by atoms with E-state index < -0.39 is 44.9 Å². The molecule has 4 aromatic rings. The lowest BCUT2D eigenvalue weighted by atomic mass is 9.97. The van der Waals surface area contributed by atoms with Gasteiger partial charge in [-0.25, -0.2) is 4.79 Å². The van der Waals surface area contributed by atoms with E-state index in [-0.39, 0.29) is 23.8 Å². The summed E-state index contributed by atoms with van der Waals surface area (Å²) in [5.41, 5.74) is 10.6. The van der Waals surface area contributed by atoms with Gasteiger partial charge in [0.05, 0.1) is 18.8 Å². The second kappa shape index (κ2) is 15.3. The van der Waals surface area contributed by atoms with Crippen LogP contribution in [0, 0.1) is 0 Å². The quantitative estimate of drug-likeness (QED) is 0.0645. The second-order valence-electron chi connectivity index (χ2n) is 12.4. The summed E-state index contributed by atoms with van der Waals surface area (Å²) >= 11 is 6.06. The maximum atomic E-state index is 13.3. The van der Waals surface area contributed by atoms with Gasteiger partial charge in [0.1, 0.15) is 24.4 Å². The molecule has 1 heterocycles. The lowest BCUT2D eigenvalue weighted by molar-refractivity contribution is -0.267. The van der Waals surface area contributed by atoms with E-state index in [1.807, 2.05) is 36.4 Å². The lowest BCUT2D eigenvalue weighted by Crippen LogP contribution is -2.68. The Bertz CT molecular complexity index is 1610. The monoisotopic (exact) mass is 671 g/mol. The molecule has 1 N–H and O–H groups in total.